The summed E-state index contributed by atoms with van der Waals surface area (Å²) in [4.78, 5) is 40.9. The van der Waals surface area contributed by atoms with Crippen LogP contribution in [0, 0.1) is 5.82 Å². The molecule has 2 N–H and O–H groups in total. The molecule has 2 rings (SSSR count). The molecule has 0 aromatic heterocycles. The third-order valence-corrected chi connectivity index (χ3v) is 6.04. The number of alkyl carbamates (subject to hydrolysis) is 1. The van der Waals surface area contributed by atoms with Crippen LogP contribution in [0.1, 0.15) is 80.1 Å². The normalized spacial score (nSPS) is 15.1. The Hall–Kier alpha value is -3.16. The molecule has 1 aliphatic rings. The van der Waals surface area contributed by atoms with Gasteiger partial charge in [0.1, 0.15) is 17.5 Å². The van der Waals surface area contributed by atoms with Gasteiger partial charge in [0.2, 0.25) is 11.8 Å². The predicted molar refractivity (Wildman–Crippen MR) is 145 cm³/mol. The van der Waals surface area contributed by atoms with E-state index in [1.807, 2.05) is 32.9 Å². The predicted octanol–water partition coefficient (Wildman–Crippen LogP) is 5.80. The van der Waals surface area contributed by atoms with E-state index in [4.69, 9.17) is 4.74 Å². The third kappa shape index (κ3) is 9.67. The average molecular weight is 516 g/mol. The van der Waals surface area contributed by atoms with Crippen LogP contribution >= 0.6 is 0 Å². The SMILES string of the molecule is C/C=C\C(=C(C)C)C(C(=O)NC1CCCCC1)N(C(=O)CCNC(=O)OC(C)(C)C)c1cccc(F)c1. The molecule has 0 spiro atoms. The monoisotopic (exact) mass is 515 g/mol. The molecule has 8 heteroatoms. The fraction of sp³-hybridized carbons (Fsp3) is 0.552. The number of amides is 3. The maximum absolute atomic E-state index is 14.3. The van der Waals surface area contributed by atoms with Crippen molar-refractivity contribution in [3.8, 4) is 0 Å². The van der Waals surface area contributed by atoms with Gasteiger partial charge in [-0.25, -0.2) is 9.18 Å². The number of ether oxygens (including phenoxy) is 1. The summed E-state index contributed by atoms with van der Waals surface area (Å²) in [6.07, 6.45) is 7.91. The first-order valence-corrected chi connectivity index (χ1v) is 13.1. The molecule has 37 heavy (non-hydrogen) atoms. The molecule has 0 radical (unpaired) electrons. The first kappa shape index (κ1) is 30.1. The molecule has 1 atom stereocenters. The van der Waals surface area contributed by atoms with Crippen molar-refractivity contribution in [1.29, 1.82) is 0 Å². The lowest BCUT2D eigenvalue weighted by molar-refractivity contribution is -0.126. The summed E-state index contributed by atoms with van der Waals surface area (Å²) in [5, 5.41) is 5.74. The molecule has 1 aromatic rings. The molecular weight excluding hydrogens is 473 g/mol. The molecule has 0 heterocycles. The van der Waals surface area contributed by atoms with Crippen molar-refractivity contribution in [2.75, 3.05) is 11.4 Å². The standard InChI is InChI=1S/C29H42FN3O4/c1-7-12-24(20(2)3)26(27(35)32-22-14-9-8-10-15-22)33(23-16-11-13-21(30)19-23)25(34)17-18-31-28(36)37-29(4,5)6/h7,11-13,16,19,22,26H,8-10,14-15,17-18H2,1-6H3,(H,31,36)(H,32,35)/b12-7-. The highest BCUT2D eigenvalue weighted by molar-refractivity contribution is 6.03. The highest BCUT2D eigenvalue weighted by atomic mass is 19.1. The van der Waals surface area contributed by atoms with E-state index in [0.717, 1.165) is 37.7 Å². The van der Waals surface area contributed by atoms with Gasteiger partial charge < -0.3 is 15.4 Å². The van der Waals surface area contributed by atoms with Crippen molar-refractivity contribution in [3.05, 3.63) is 53.4 Å². The van der Waals surface area contributed by atoms with Crippen molar-refractivity contribution < 1.29 is 23.5 Å². The van der Waals surface area contributed by atoms with Crippen molar-refractivity contribution in [3.63, 3.8) is 0 Å². The van der Waals surface area contributed by atoms with E-state index >= 15 is 0 Å². The van der Waals surface area contributed by atoms with E-state index in [0.29, 0.717) is 5.57 Å². The van der Waals surface area contributed by atoms with Gasteiger partial charge in [0, 0.05) is 24.7 Å². The minimum atomic E-state index is -1.00. The molecule has 1 unspecified atom stereocenters. The zero-order valence-electron chi connectivity index (χ0n) is 23.0. The summed E-state index contributed by atoms with van der Waals surface area (Å²) < 4.78 is 19.6. The smallest absolute Gasteiger partial charge is 0.407 e. The van der Waals surface area contributed by atoms with E-state index in [1.54, 1.807) is 26.8 Å². The van der Waals surface area contributed by atoms with Crippen molar-refractivity contribution in [2.24, 2.45) is 0 Å². The number of carbonyl (C=O) groups is 3. The number of halogens is 1. The van der Waals surface area contributed by atoms with Gasteiger partial charge in [-0.05, 0) is 78.2 Å². The quantitative estimate of drug-likeness (QED) is 0.407. The summed E-state index contributed by atoms with van der Waals surface area (Å²) in [6.45, 7) is 10.9. The molecule has 3 amide bonds. The highest BCUT2D eigenvalue weighted by Crippen LogP contribution is 2.27. The second-order valence-corrected chi connectivity index (χ2v) is 10.6. The number of allylic oxidation sites excluding steroid dienone is 2. The Bertz CT molecular complexity index is 1000. The Balaban J connectivity index is 2.42. The van der Waals surface area contributed by atoms with Gasteiger partial charge in [-0.1, -0.05) is 43.1 Å². The average Bonchev–Trinajstić information content (AvgIpc) is 2.80. The number of anilines is 1. The zero-order chi connectivity index (χ0) is 27.6. The van der Waals surface area contributed by atoms with Crippen LogP contribution in [-0.4, -0.2) is 42.1 Å². The molecule has 7 nitrogen and oxygen atoms in total. The molecule has 0 saturated heterocycles. The molecule has 1 aromatic carbocycles. The second-order valence-electron chi connectivity index (χ2n) is 10.6. The Morgan fingerprint density at radius 1 is 1.16 bits per heavy atom. The Kier molecular flexibility index (Phi) is 11.3. The van der Waals surface area contributed by atoms with Crippen molar-refractivity contribution in [2.45, 2.75) is 97.8 Å². The van der Waals surface area contributed by atoms with E-state index < -0.39 is 29.5 Å². The van der Waals surface area contributed by atoms with Crippen LogP contribution in [-0.2, 0) is 14.3 Å². The largest absolute Gasteiger partial charge is 0.444 e. The lowest BCUT2D eigenvalue weighted by atomic mass is 9.93. The number of benzene rings is 1. The fourth-order valence-electron chi connectivity index (χ4n) is 4.40. The molecule has 1 aliphatic carbocycles. The number of rotatable bonds is 9. The van der Waals surface area contributed by atoms with E-state index in [1.165, 1.54) is 23.1 Å². The van der Waals surface area contributed by atoms with Gasteiger partial charge in [-0.15, -0.1) is 0 Å². The zero-order valence-corrected chi connectivity index (χ0v) is 23.0. The molecule has 0 bridgehead atoms. The van der Waals surface area contributed by atoms with Gasteiger partial charge in [0.25, 0.3) is 0 Å². The van der Waals surface area contributed by atoms with Gasteiger partial charge >= 0.3 is 6.09 Å². The highest BCUT2D eigenvalue weighted by Gasteiger charge is 2.35. The lowest BCUT2D eigenvalue weighted by Crippen LogP contribution is -2.53. The van der Waals surface area contributed by atoms with E-state index in [-0.39, 0.29) is 30.6 Å². The van der Waals surface area contributed by atoms with E-state index in [9.17, 15) is 18.8 Å². The minimum absolute atomic E-state index is 0.00426. The summed E-state index contributed by atoms with van der Waals surface area (Å²) in [6, 6.07) is 4.70. The molecule has 0 aliphatic heterocycles. The van der Waals surface area contributed by atoms with Crippen LogP contribution in [0.3, 0.4) is 0 Å². The van der Waals surface area contributed by atoms with Crippen molar-refractivity contribution in [1.82, 2.24) is 10.6 Å². The van der Waals surface area contributed by atoms with Gasteiger partial charge in [0.05, 0.1) is 0 Å². The summed E-state index contributed by atoms with van der Waals surface area (Å²) in [7, 11) is 0. The molecule has 204 valence electrons. The third-order valence-electron chi connectivity index (χ3n) is 6.04. The maximum atomic E-state index is 14.3. The number of nitrogens with one attached hydrogen (secondary N) is 2. The van der Waals surface area contributed by atoms with Crippen LogP contribution in [0.25, 0.3) is 0 Å². The second kappa shape index (κ2) is 14.0. The van der Waals surface area contributed by atoms with Crippen LogP contribution in [0.15, 0.2) is 47.6 Å². The van der Waals surface area contributed by atoms with Crippen LogP contribution in [0.2, 0.25) is 0 Å². The first-order valence-electron chi connectivity index (χ1n) is 13.1. The van der Waals surface area contributed by atoms with Crippen LogP contribution in [0.5, 0.6) is 0 Å². The molecule has 1 fully saturated rings. The Morgan fingerprint density at radius 3 is 2.41 bits per heavy atom. The first-order chi connectivity index (χ1) is 17.4. The molecule has 1 saturated carbocycles. The van der Waals surface area contributed by atoms with Crippen molar-refractivity contribution >= 4 is 23.6 Å². The fourth-order valence-corrected chi connectivity index (χ4v) is 4.40. The lowest BCUT2D eigenvalue weighted by Gasteiger charge is -2.34. The summed E-state index contributed by atoms with van der Waals surface area (Å²) in [5.74, 6) is -1.24. The summed E-state index contributed by atoms with van der Waals surface area (Å²) in [5.41, 5.74) is 1.13. The minimum Gasteiger partial charge on any atom is -0.444 e. The molecular formula is C29H42FN3O4. The van der Waals surface area contributed by atoms with Gasteiger partial charge in [-0.3, -0.25) is 14.5 Å². The van der Waals surface area contributed by atoms with Crippen LogP contribution in [0.4, 0.5) is 14.9 Å². The number of hydrogen-bond acceptors (Lipinski definition) is 4. The topological polar surface area (TPSA) is 87.7 Å². The summed E-state index contributed by atoms with van der Waals surface area (Å²) >= 11 is 0. The number of carbonyl (C=O) groups excluding carboxylic acids is 3. The number of nitrogens with zero attached hydrogens (tertiary/aromatic N) is 1. The maximum Gasteiger partial charge on any atom is 0.407 e. The van der Waals surface area contributed by atoms with Gasteiger partial charge in [0.15, 0.2) is 0 Å². The van der Waals surface area contributed by atoms with Gasteiger partial charge in [-0.2, -0.15) is 0 Å². The Labute approximate surface area is 220 Å². The van der Waals surface area contributed by atoms with Crippen LogP contribution < -0.4 is 15.5 Å². The van der Waals surface area contributed by atoms with E-state index in [2.05, 4.69) is 10.6 Å². The number of hydrogen-bond donors (Lipinski definition) is 2. The Morgan fingerprint density at radius 2 is 1.84 bits per heavy atom.